The molecule has 1 saturated heterocycles. The molecule has 8 nitrogen and oxygen atoms in total. The quantitative estimate of drug-likeness (QED) is 0.346. The second-order valence-corrected chi connectivity index (χ2v) is 10.5. The molecule has 2 aromatic carbocycles. The molecule has 208 valence electrons. The van der Waals surface area contributed by atoms with Crippen LogP contribution in [0, 0.1) is 6.92 Å². The number of aryl methyl sites for hydroxylation is 1. The number of hydrogen-bond acceptors (Lipinski definition) is 6. The average Bonchev–Trinajstić information content (AvgIpc) is 3.52. The standard InChI is InChI=1S/C28H30ClN5O3.2ClH/c1-17-23-25(32-37-17)24-21(29)8-5-9-22(24)34(28(23)36)20-11-10-19(16-20)31-27(35)26(18-6-3-2-4-7-18)33-14-12-30-13-15-33;;/h2-9,19-20,26,30H,10-16H2,1H3,(H,31,35);2*1H. The molecule has 1 aliphatic heterocycles. The Kier molecular flexibility index (Phi) is 9.24. The second kappa shape index (κ2) is 12.3. The Morgan fingerprint density at radius 2 is 1.82 bits per heavy atom. The van der Waals surface area contributed by atoms with Gasteiger partial charge in [0, 0.05) is 43.6 Å². The summed E-state index contributed by atoms with van der Waals surface area (Å²) in [6.07, 6.45) is 2.26. The number of piperazine rings is 1. The predicted molar refractivity (Wildman–Crippen MR) is 158 cm³/mol. The zero-order valence-corrected chi connectivity index (χ0v) is 24.0. The van der Waals surface area contributed by atoms with Crippen LogP contribution in [0.2, 0.25) is 5.02 Å². The van der Waals surface area contributed by atoms with E-state index in [1.165, 1.54) is 0 Å². The molecule has 3 atom stereocenters. The Balaban J connectivity index is 0.00000176. The molecule has 2 aliphatic rings. The summed E-state index contributed by atoms with van der Waals surface area (Å²) in [4.78, 5) is 29.6. The van der Waals surface area contributed by atoms with Crippen molar-refractivity contribution in [3.8, 4) is 0 Å². The highest BCUT2D eigenvalue weighted by molar-refractivity contribution is 6.37. The number of pyridine rings is 1. The third-order valence-corrected chi connectivity index (χ3v) is 8.10. The van der Waals surface area contributed by atoms with E-state index in [2.05, 4.69) is 20.7 Å². The van der Waals surface area contributed by atoms with Crippen LogP contribution >= 0.6 is 36.4 Å². The Bertz CT molecular complexity index is 1520. The van der Waals surface area contributed by atoms with Crippen molar-refractivity contribution in [2.75, 3.05) is 26.2 Å². The normalized spacial score (nSPS) is 20.4. The number of carbonyl (C=O) groups excluding carboxylic acids is 1. The number of hydrogen-bond donors (Lipinski definition) is 2. The van der Waals surface area contributed by atoms with Gasteiger partial charge in [-0.15, -0.1) is 24.8 Å². The molecule has 0 bridgehead atoms. The lowest BCUT2D eigenvalue weighted by Crippen LogP contribution is -2.50. The van der Waals surface area contributed by atoms with Crippen molar-refractivity contribution in [2.45, 2.75) is 44.3 Å². The fourth-order valence-corrected chi connectivity index (χ4v) is 6.30. The molecule has 1 aliphatic carbocycles. The fourth-order valence-electron chi connectivity index (χ4n) is 6.04. The highest BCUT2D eigenvalue weighted by Gasteiger charge is 2.34. The number of carbonyl (C=O) groups is 1. The molecule has 11 heteroatoms. The highest BCUT2D eigenvalue weighted by atomic mass is 35.5. The number of aromatic nitrogens is 2. The summed E-state index contributed by atoms with van der Waals surface area (Å²) in [7, 11) is 0. The van der Waals surface area contributed by atoms with Gasteiger partial charge in [0.15, 0.2) is 0 Å². The van der Waals surface area contributed by atoms with Crippen LogP contribution < -0.4 is 16.2 Å². The van der Waals surface area contributed by atoms with E-state index in [0.29, 0.717) is 28.1 Å². The number of nitrogens with one attached hydrogen (secondary N) is 2. The lowest BCUT2D eigenvalue weighted by Gasteiger charge is -2.35. The third kappa shape index (κ3) is 5.41. The Morgan fingerprint density at radius 3 is 2.56 bits per heavy atom. The molecule has 2 fully saturated rings. The fraction of sp³-hybridized carbons (Fsp3) is 0.393. The van der Waals surface area contributed by atoms with Gasteiger partial charge in [-0.2, -0.15) is 0 Å². The summed E-state index contributed by atoms with van der Waals surface area (Å²) in [5.41, 5.74) is 2.13. The van der Waals surface area contributed by atoms with Gasteiger partial charge in [-0.1, -0.05) is 53.2 Å². The van der Waals surface area contributed by atoms with Crippen molar-refractivity contribution in [2.24, 2.45) is 0 Å². The van der Waals surface area contributed by atoms with Crippen LogP contribution in [0.5, 0.6) is 0 Å². The lowest BCUT2D eigenvalue weighted by atomic mass is 10.0. The molecule has 0 radical (unpaired) electrons. The molecule has 1 amide bonds. The summed E-state index contributed by atoms with van der Waals surface area (Å²) in [5, 5.41) is 12.6. The Labute approximate surface area is 243 Å². The molecule has 3 heterocycles. The van der Waals surface area contributed by atoms with Crippen LogP contribution in [0.3, 0.4) is 0 Å². The average molecular weight is 593 g/mol. The summed E-state index contributed by atoms with van der Waals surface area (Å²) in [6, 6.07) is 15.1. The first-order chi connectivity index (χ1) is 18.0. The van der Waals surface area contributed by atoms with Gasteiger partial charge >= 0.3 is 0 Å². The van der Waals surface area contributed by atoms with Gasteiger partial charge in [0.25, 0.3) is 5.56 Å². The van der Waals surface area contributed by atoms with E-state index in [0.717, 1.165) is 55.5 Å². The maximum Gasteiger partial charge on any atom is 0.264 e. The molecule has 39 heavy (non-hydrogen) atoms. The molecule has 6 rings (SSSR count). The summed E-state index contributed by atoms with van der Waals surface area (Å²) in [5.74, 6) is 0.504. The maximum absolute atomic E-state index is 13.7. The number of halogens is 3. The zero-order chi connectivity index (χ0) is 25.5. The SMILES string of the molecule is Cc1onc2c1c(=O)n(C1CCC(NC(=O)C(c3ccccc3)N3CCNCC3)C1)c1cccc(Cl)c21.Cl.Cl. The maximum atomic E-state index is 13.7. The molecule has 4 aromatic rings. The molecule has 2 N–H and O–H groups in total. The minimum absolute atomic E-state index is 0. The van der Waals surface area contributed by atoms with Gasteiger partial charge < -0.3 is 19.7 Å². The van der Waals surface area contributed by atoms with Crippen LogP contribution in [-0.4, -0.2) is 52.8 Å². The Morgan fingerprint density at radius 1 is 1.08 bits per heavy atom. The monoisotopic (exact) mass is 591 g/mol. The van der Waals surface area contributed by atoms with Crippen molar-refractivity contribution >= 4 is 64.1 Å². The first-order valence-corrected chi connectivity index (χ1v) is 13.3. The molecular formula is C28H32Cl3N5O3. The van der Waals surface area contributed by atoms with Gasteiger partial charge in [0.2, 0.25) is 5.91 Å². The number of amides is 1. The first kappa shape index (κ1) is 29.4. The minimum atomic E-state index is -0.333. The van der Waals surface area contributed by atoms with E-state index in [4.69, 9.17) is 16.1 Å². The zero-order valence-electron chi connectivity index (χ0n) is 21.6. The third-order valence-electron chi connectivity index (χ3n) is 7.78. The van der Waals surface area contributed by atoms with Gasteiger partial charge in [-0.25, -0.2) is 0 Å². The van der Waals surface area contributed by atoms with Gasteiger partial charge in [0.1, 0.15) is 22.7 Å². The summed E-state index contributed by atoms with van der Waals surface area (Å²) in [6.45, 7) is 5.12. The van der Waals surface area contributed by atoms with Gasteiger partial charge in [-0.3, -0.25) is 14.5 Å². The predicted octanol–water partition coefficient (Wildman–Crippen LogP) is 4.80. The van der Waals surface area contributed by atoms with Crippen molar-refractivity contribution in [3.05, 3.63) is 75.2 Å². The van der Waals surface area contributed by atoms with Crippen LogP contribution in [0.4, 0.5) is 0 Å². The van der Waals surface area contributed by atoms with Crippen LogP contribution in [-0.2, 0) is 4.79 Å². The number of nitrogens with zero attached hydrogens (tertiary/aromatic N) is 3. The van der Waals surface area contributed by atoms with E-state index >= 15 is 0 Å². The van der Waals surface area contributed by atoms with Gasteiger partial charge in [0.05, 0.1) is 10.5 Å². The number of rotatable bonds is 5. The molecule has 3 unspecified atom stereocenters. The van der Waals surface area contributed by atoms with Crippen molar-refractivity contribution < 1.29 is 9.32 Å². The molecule has 2 aromatic heterocycles. The first-order valence-electron chi connectivity index (χ1n) is 12.9. The van der Waals surface area contributed by atoms with Crippen LogP contribution in [0.15, 0.2) is 57.8 Å². The second-order valence-electron chi connectivity index (χ2n) is 10.0. The number of benzene rings is 2. The van der Waals surface area contributed by atoms with E-state index in [-0.39, 0.29) is 54.4 Å². The van der Waals surface area contributed by atoms with E-state index < -0.39 is 0 Å². The van der Waals surface area contributed by atoms with Crippen molar-refractivity contribution in [1.82, 2.24) is 25.3 Å². The smallest absolute Gasteiger partial charge is 0.264 e. The largest absolute Gasteiger partial charge is 0.360 e. The van der Waals surface area contributed by atoms with Crippen LogP contribution in [0.1, 0.15) is 42.7 Å². The topological polar surface area (TPSA) is 92.4 Å². The van der Waals surface area contributed by atoms with E-state index in [1.54, 1.807) is 13.0 Å². The molecular weight excluding hydrogens is 561 g/mol. The molecule has 0 spiro atoms. The van der Waals surface area contributed by atoms with Crippen molar-refractivity contribution in [3.63, 3.8) is 0 Å². The summed E-state index contributed by atoms with van der Waals surface area (Å²) >= 11 is 6.58. The van der Waals surface area contributed by atoms with Crippen molar-refractivity contribution in [1.29, 1.82) is 0 Å². The Hall–Kier alpha value is -2.62. The number of fused-ring (bicyclic) bond motifs is 3. The van der Waals surface area contributed by atoms with Crippen LogP contribution in [0.25, 0.3) is 21.8 Å². The highest BCUT2D eigenvalue weighted by Crippen LogP contribution is 2.36. The van der Waals surface area contributed by atoms with E-state index in [1.807, 2.05) is 47.0 Å². The summed E-state index contributed by atoms with van der Waals surface area (Å²) < 4.78 is 7.23. The minimum Gasteiger partial charge on any atom is -0.360 e. The van der Waals surface area contributed by atoms with E-state index in [9.17, 15) is 9.59 Å². The lowest BCUT2D eigenvalue weighted by molar-refractivity contribution is -0.127. The van der Waals surface area contributed by atoms with Gasteiger partial charge in [-0.05, 0) is 43.9 Å². The molecule has 1 saturated carbocycles.